The Balaban J connectivity index is 1.72. The first-order valence-corrected chi connectivity index (χ1v) is 9.71. The van der Waals surface area contributed by atoms with E-state index in [-0.39, 0.29) is 19.6 Å². The zero-order chi connectivity index (χ0) is 22.3. The van der Waals surface area contributed by atoms with E-state index < -0.39 is 48.9 Å². The topological polar surface area (TPSA) is 146 Å². The molecule has 1 aromatic rings. The van der Waals surface area contributed by atoms with Crippen LogP contribution < -0.4 is 10.4 Å². The molecule has 0 spiro atoms. The molecule has 164 valence electrons. The van der Waals surface area contributed by atoms with Crippen LogP contribution >= 0.6 is 0 Å². The van der Waals surface area contributed by atoms with Gasteiger partial charge in [0.15, 0.2) is 6.10 Å². The number of carbonyl (C=O) groups is 2. The molecular weight excluding hydrogens is 395 g/mol. The van der Waals surface area contributed by atoms with Gasteiger partial charge in [-0.15, -0.1) is 0 Å². The second kappa shape index (κ2) is 8.10. The van der Waals surface area contributed by atoms with Crippen LogP contribution in [-0.2, 0) is 18.9 Å². The largest absolute Gasteiger partial charge is 0.498 e. The first-order valence-electron chi connectivity index (χ1n) is 9.71. The van der Waals surface area contributed by atoms with Crippen molar-refractivity contribution in [3.63, 3.8) is 0 Å². The van der Waals surface area contributed by atoms with Gasteiger partial charge in [0, 0.05) is 30.9 Å². The van der Waals surface area contributed by atoms with E-state index in [4.69, 9.17) is 14.4 Å². The van der Waals surface area contributed by atoms with Gasteiger partial charge in [-0.1, -0.05) is 0 Å². The number of rotatable bonds is 5. The van der Waals surface area contributed by atoms with Gasteiger partial charge in [0.1, 0.15) is 6.04 Å². The average molecular weight is 422 g/mol. The summed E-state index contributed by atoms with van der Waals surface area (Å²) >= 11 is 0. The average Bonchev–Trinajstić information content (AvgIpc) is 2.93. The Morgan fingerprint density at radius 1 is 1.20 bits per heavy atom. The van der Waals surface area contributed by atoms with Crippen LogP contribution in [0.1, 0.15) is 27.7 Å². The quantitative estimate of drug-likeness (QED) is 0.466. The molecule has 1 aromatic heterocycles. The molecular formula is C18H27BN4O7. The number of amides is 1. The first-order chi connectivity index (χ1) is 14.0. The van der Waals surface area contributed by atoms with Crippen molar-refractivity contribution in [2.24, 2.45) is 0 Å². The number of aliphatic hydroxyl groups excluding tert-OH is 2. The summed E-state index contributed by atoms with van der Waals surface area (Å²) in [5.41, 5.74) is -0.341. The van der Waals surface area contributed by atoms with Crippen molar-refractivity contribution < 1.29 is 34.2 Å². The molecule has 11 nitrogen and oxygen atoms in total. The van der Waals surface area contributed by atoms with Crippen molar-refractivity contribution in [1.29, 1.82) is 0 Å². The maximum atomic E-state index is 12.2. The Bertz CT molecular complexity index is 788. The fraction of sp³-hybridized carbons (Fsp3) is 0.667. The third-order valence-electron chi connectivity index (χ3n) is 5.87. The normalized spacial score (nSPS) is 24.1. The van der Waals surface area contributed by atoms with Gasteiger partial charge < -0.3 is 34.4 Å². The Kier molecular flexibility index (Phi) is 6.05. The summed E-state index contributed by atoms with van der Waals surface area (Å²) in [7, 11) is -0.606. The number of aromatic nitrogens is 2. The molecule has 0 unspecified atom stereocenters. The first kappa shape index (κ1) is 22.4. The Labute approximate surface area is 174 Å². The van der Waals surface area contributed by atoms with Crippen LogP contribution in [0.4, 0.5) is 5.95 Å². The van der Waals surface area contributed by atoms with E-state index in [2.05, 4.69) is 9.97 Å². The Morgan fingerprint density at radius 2 is 1.77 bits per heavy atom. The van der Waals surface area contributed by atoms with Crippen LogP contribution in [0, 0.1) is 0 Å². The number of hydrogen-bond donors (Lipinski definition) is 3. The number of carboxylic acid groups (broad SMARTS) is 1. The summed E-state index contributed by atoms with van der Waals surface area (Å²) in [5, 5.41) is 28.1. The van der Waals surface area contributed by atoms with Crippen molar-refractivity contribution in [1.82, 2.24) is 14.9 Å². The molecule has 0 saturated carbocycles. The van der Waals surface area contributed by atoms with Crippen LogP contribution in [-0.4, -0.2) is 98.8 Å². The van der Waals surface area contributed by atoms with Gasteiger partial charge in [0.25, 0.3) is 5.91 Å². The number of carbonyl (C=O) groups excluding carboxylic acids is 1. The zero-order valence-electron chi connectivity index (χ0n) is 17.5. The molecule has 0 bridgehead atoms. The van der Waals surface area contributed by atoms with Crippen molar-refractivity contribution in [2.45, 2.75) is 51.0 Å². The number of hydrogen-bond acceptors (Lipinski definition) is 9. The van der Waals surface area contributed by atoms with Crippen LogP contribution in [0.5, 0.6) is 0 Å². The molecule has 2 fully saturated rings. The highest BCUT2D eigenvalue weighted by molar-refractivity contribution is 6.61. The maximum absolute atomic E-state index is 12.2. The summed E-state index contributed by atoms with van der Waals surface area (Å²) in [6, 6.07) is -1.20. The summed E-state index contributed by atoms with van der Waals surface area (Å²) in [4.78, 5) is 35.2. The fourth-order valence-electron chi connectivity index (χ4n) is 3.30. The number of aliphatic carboxylic acids is 1. The minimum Gasteiger partial charge on any atom is -0.480 e. The molecule has 2 aliphatic heterocycles. The van der Waals surface area contributed by atoms with Gasteiger partial charge in [0.05, 0.1) is 24.4 Å². The predicted octanol–water partition coefficient (Wildman–Crippen LogP) is -1.77. The van der Waals surface area contributed by atoms with Crippen LogP contribution in [0.2, 0.25) is 0 Å². The van der Waals surface area contributed by atoms with Crippen molar-refractivity contribution >= 4 is 30.4 Å². The third kappa shape index (κ3) is 4.13. The molecule has 3 N–H and O–H groups in total. The summed E-state index contributed by atoms with van der Waals surface area (Å²) in [5.74, 6) is -1.72. The lowest BCUT2D eigenvalue weighted by Crippen LogP contribution is -2.60. The maximum Gasteiger partial charge on any atom is 0.498 e. The van der Waals surface area contributed by atoms with Gasteiger partial charge in [-0.25, -0.2) is 14.8 Å². The Hall–Kier alpha value is -2.28. The van der Waals surface area contributed by atoms with Gasteiger partial charge in [-0.05, 0) is 27.7 Å². The summed E-state index contributed by atoms with van der Waals surface area (Å²) in [6.07, 6.45) is 1.51. The van der Waals surface area contributed by atoms with E-state index in [0.29, 0.717) is 11.4 Å². The van der Waals surface area contributed by atoms with Crippen molar-refractivity contribution in [3.05, 3.63) is 12.4 Å². The monoisotopic (exact) mass is 422 g/mol. The van der Waals surface area contributed by atoms with E-state index in [1.54, 1.807) is 17.3 Å². The van der Waals surface area contributed by atoms with E-state index in [1.165, 1.54) is 0 Å². The lowest BCUT2D eigenvalue weighted by atomic mass is 9.81. The third-order valence-corrected chi connectivity index (χ3v) is 5.87. The fourth-order valence-corrected chi connectivity index (χ4v) is 3.30. The van der Waals surface area contributed by atoms with Gasteiger partial charge >= 0.3 is 13.1 Å². The van der Waals surface area contributed by atoms with E-state index in [9.17, 15) is 19.8 Å². The lowest BCUT2D eigenvalue weighted by molar-refractivity contribution is -0.155. The molecule has 0 aliphatic carbocycles. The van der Waals surface area contributed by atoms with Gasteiger partial charge in [-0.3, -0.25) is 4.79 Å². The highest BCUT2D eigenvalue weighted by Crippen LogP contribution is 2.36. The predicted molar refractivity (Wildman–Crippen MR) is 106 cm³/mol. The van der Waals surface area contributed by atoms with E-state index in [1.807, 2.05) is 27.7 Å². The number of aliphatic hydroxyl groups is 2. The van der Waals surface area contributed by atoms with Gasteiger partial charge in [-0.2, -0.15) is 0 Å². The van der Waals surface area contributed by atoms with E-state index >= 15 is 0 Å². The molecule has 12 heteroatoms. The van der Waals surface area contributed by atoms with E-state index in [0.717, 1.165) is 4.90 Å². The SMILES string of the molecule is CC1(C)OB(c2cnc(N3CCN(C(=O)[C@H](O)CO)[C@@H](C(=O)O)C3)nc2)OC1(C)C. The molecule has 2 aliphatic rings. The number of nitrogens with zero attached hydrogens (tertiary/aromatic N) is 4. The number of anilines is 1. The second-order valence-corrected chi connectivity index (χ2v) is 8.43. The van der Waals surface area contributed by atoms with Crippen LogP contribution in [0.25, 0.3) is 0 Å². The minimum absolute atomic E-state index is 0.0466. The standard InChI is InChI=1S/C18H27BN4O7/c1-17(2)18(3,4)30-19(29-17)11-7-20-16(21-8-11)22-5-6-23(12(9-22)15(27)28)14(26)13(25)10-24/h7-8,12-13,24-25H,5-6,9-10H2,1-4H3,(H,27,28)/t12-,13-/m1/s1. The molecule has 3 rings (SSSR count). The van der Waals surface area contributed by atoms with Crippen LogP contribution in [0.3, 0.4) is 0 Å². The van der Waals surface area contributed by atoms with Gasteiger partial charge in [0.2, 0.25) is 5.95 Å². The highest BCUT2D eigenvalue weighted by Gasteiger charge is 2.52. The Morgan fingerprint density at radius 3 is 2.27 bits per heavy atom. The molecule has 30 heavy (non-hydrogen) atoms. The smallest absolute Gasteiger partial charge is 0.480 e. The number of piperazine rings is 1. The molecule has 2 atom stereocenters. The molecule has 1 amide bonds. The second-order valence-electron chi connectivity index (χ2n) is 8.43. The highest BCUT2D eigenvalue weighted by atomic mass is 16.7. The molecule has 0 radical (unpaired) electrons. The molecule has 3 heterocycles. The lowest BCUT2D eigenvalue weighted by Gasteiger charge is -2.39. The minimum atomic E-state index is -1.64. The summed E-state index contributed by atoms with van der Waals surface area (Å²) in [6.45, 7) is 7.31. The van der Waals surface area contributed by atoms with Crippen molar-refractivity contribution in [3.8, 4) is 0 Å². The summed E-state index contributed by atoms with van der Waals surface area (Å²) < 4.78 is 12.0. The molecule has 0 aromatic carbocycles. The number of carboxylic acids is 1. The van der Waals surface area contributed by atoms with Crippen molar-refractivity contribution in [2.75, 3.05) is 31.1 Å². The molecule has 2 saturated heterocycles. The zero-order valence-corrected chi connectivity index (χ0v) is 17.5. The van der Waals surface area contributed by atoms with Crippen LogP contribution in [0.15, 0.2) is 12.4 Å².